The van der Waals surface area contributed by atoms with E-state index in [4.69, 9.17) is 4.74 Å². The number of hydrogen-bond acceptors (Lipinski definition) is 5. The second-order valence-corrected chi connectivity index (χ2v) is 7.55. The molecule has 0 heterocycles. The Labute approximate surface area is 185 Å². The molecule has 0 aliphatic rings. The molecule has 0 radical (unpaired) electrons. The number of carbonyl (C=O) groups excluding carboxylic acids is 4. The molecule has 0 saturated carbocycles. The minimum absolute atomic E-state index is 0.0901. The maximum atomic E-state index is 12.5. The zero-order valence-electron chi connectivity index (χ0n) is 18.8. The van der Waals surface area contributed by atoms with E-state index in [-0.39, 0.29) is 18.0 Å². The molecule has 7 nitrogen and oxygen atoms in total. The smallest absolute Gasteiger partial charge is 0.325 e. The lowest BCUT2D eigenvalue weighted by Crippen LogP contribution is -2.36. The number of ketones is 1. The van der Waals surface area contributed by atoms with Crippen LogP contribution in [0.25, 0.3) is 0 Å². The van der Waals surface area contributed by atoms with Crippen molar-refractivity contribution in [3.8, 4) is 0 Å². The number of unbranched alkanes of at least 4 members (excludes halogenated alkanes) is 7. The third-order valence-electron chi connectivity index (χ3n) is 4.81. The molecule has 0 aliphatic heterocycles. The van der Waals surface area contributed by atoms with Gasteiger partial charge in [-0.2, -0.15) is 0 Å². The topological polar surface area (TPSA) is 102 Å². The van der Waals surface area contributed by atoms with Gasteiger partial charge in [0, 0.05) is 6.42 Å². The van der Waals surface area contributed by atoms with Crippen LogP contribution in [-0.2, 0) is 19.1 Å². The van der Waals surface area contributed by atoms with Gasteiger partial charge in [-0.3, -0.25) is 19.2 Å². The quantitative estimate of drug-likeness (QED) is 0.174. The van der Waals surface area contributed by atoms with E-state index in [1.165, 1.54) is 6.07 Å². The number of hydrogen-bond donors (Lipinski definition) is 2. The minimum Gasteiger partial charge on any atom is -0.464 e. The molecule has 0 aliphatic carbocycles. The number of nitrogens with one attached hydrogen (secondary N) is 2. The molecule has 1 rings (SSSR count). The van der Waals surface area contributed by atoms with Gasteiger partial charge in [0.05, 0.1) is 17.9 Å². The van der Waals surface area contributed by atoms with E-state index in [1.807, 2.05) is 0 Å². The highest BCUT2D eigenvalue weighted by atomic mass is 16.5. The lowest BCUT2D eigenvalue weighted by Gasteiger charge is -2.11. The van der Waals surface area contributed by atoms with Crippen LogP contribution in [0.5, 0.6) is 0 Å². The number of amides is 2. The van der Waals surface area contributed by atoms with Crippen LogP contribution < -0.4 is 10.6 Å². The Morgan fingerprint density at radius 1 is 0.839 bits per heavy atom. The van der Waals surface area contributed by atoms with E-state index in [0.717, 1.165) is 57.8 Å². The van der Waals surface area contributed by atoms with Gasteiger partial charge < -0.3 is 15.4 Å². The second-order valence-electron chi connectivity index (χ2n) is 7.55. The van der Waals surface area contributed by atoms with Crippen LogP contribution in [0.15, 0.2) is 24.3 Å². The Balaban J connectivity index is 2.49. The van der Waals surface area contributed by atoms with E-state index in [1.54, 1.807) is 18.2 Å². The van der Waals surface area contributed by atoms with E-state index < -0.39 is 17.7 Å². The molecule has 1 aromatic carbocycles. The summed E-state index contributed by atoms with van der Waals surface area (Å²) in [4.78, 5) is 48.6. The molecule has 0 bridgehead atoms. The van der Waals surface area contributed by atoms with Crippen molar-refractivity contribution in [2.45, 2.75) is 78.1 Å². The molecule has 7 heteroatoms. The van der Waals surface area contributed by atoms with Crippen molar-refractivity contribution in [3.05, 3.63) is 29.8 Å². The summed E-state index contributed by atoms with van der Waals surface area (Å²) in [6, 6.07) is 6.36. The number of Topliss-reactive ketones (excluding diaryl/α,β-unsaturated/α-hetero) is 1. The highest BCUT2D eigenvalue weighted by molar-refractivity contribution is 6.44. The van der Waals surface area contributed by atoms with Gasteiger partial charge in [0.1, 0.15) is 6.54 Å². The van der Waals surface area contributed by atoms with Gasteiger partial charge in [-0.25, -0.2) is 0 Å². The Morgan fingerprint density at radius 2 is 1.48 bits per heavy atom. The summed E-state index contributed by atoms with van der Waals surface area (Å²) in [5, 5.41) is 5.01. The fraction of sp³-hybridized carbons (Fsp3) is 0.583. The van der Waals surface area contributed by atoms with E-state index in [9.17, 15) is 19.2 Å². The fourth-order valence-corrected chi connectivity index (χ4v) is 3.01. The summed E-state index contributed by atoms with van der Waals surface area (Å²) in [5.41, 5.74) is 0.381. The first-order valence-corrected chi connectivity index (χ1v) is 11.4. The van der Waals surface area contributed by atoms with Gasteiger partial charge in [-0.05, 0) is 25.0 Å². The largest absolute Gasteiger partial charge is 0.464 e. The average Bonchev–Trinajstić information content (AvgIpc) is 2.77. The van der Waals surface area contributed by atoms with Gasteiger partial charge in [-0.15, -0.1) is 0 Å². The van der Waals surface area contributed by atoms with Crippen LogP contribution in [0, 0.1) is 0 Å². The number of rotatable bonds is 16. The van der Waals surface area contributed by atoms with Crippen molar-refractivity contribution in [3.63, 3.8) is 0 Å². The molecule has 1 aromatic rings. The summed E-state index contributed by atoms with van der Waals surface area (Å²) in [7, 11) is 0. The average molecular weight is 433 g/mol. The van der Waals surface area contributed by atoms with Crippen LogP contribution in [0.2, 0.25) is 0 Å². The summed E-state index contributed by atoms with van der Waals surface area (Å²) in [6.45, 7) is 4.16. The van der Waals surface area contributed by atoms with Crippen LogP contribution >= 0.6 is 0 Å². The molecule has 31 heavy (non-hydrogen) atoms. The molecule has 0 unspecified atom stereocenters. The Bertz CT molecular complexity index is 718. The predicted molar refractivity (Wildman–Crippen MR) is 121 cm³/mol. The first kappa shape index (κ1) is 26.3. The third kappa shape index (κ3) is 11.3. The Morgan fingerprint density at radius 3 is 2.19 bits per heavy atom. The number of ether oxygens (including phenoxy) is 1. The van der Waals surface area contributed by atoms with Crippen LogP contribution in [-0.4, -0.2) is 36.7 Å². The molecular weight excluding hydrogens is 396 g/mol. The van der Waals surface area contributed by atoms with Crippen molar-refractivity contribution < 1.29 is 23.9 Å². The molecule has 0 spiro atoms. The van der Waals surface area contributed by atoms with Crippen molar-refractivity contribution in [2.75, 3.05) is 18.5 Å². The Hall–Kier alpha value is -2.70. The number of para-hydroxylation sites is 1. The first-order valence-electron chi connectivity index (χ1n) is 11.4. The number of anilines is 1. The second kappa shape index (κ2) is 16.1. The standard InChI is InChI=1S/C24H36N2O5/c1-3-5-7-9-10-16-21(27)26-20-15-12-11-14-19(20)23(29)24(30)25-18-22(28)31-17-13-8-6-4-2/h11-12,14-15H,3-10,13,16-18H2,1-2H3,(H,25,30)(H,26,27). The predicted octanol–water partition coefficient (Wildman–Crippen LogP) is 4.41. The lowest BCUT2D eigenvalue weighted by molar-refractivity contribution is -0.143. The highest BCUT2D eigenvalue weighted by Crippen LogP contribution is 2.17. The molecule has 0 atom stereocenters. The van der Waals surface area contributed by atoms with Crippen LogP contribution in [0.1, 0.15) is 88.4 Å². The normalized spacial score (nSPS) is 10.4. The third-order valence-corrected chi connectivity index (χ3v) is 4.81. The van der Waals surface area contributed by atoms with Crippen molar-refractivity contribution in [1.29, 1.82) is 0 Å². The summed E-state index contributed by atoms with van der Waals surface area (Å²) < 4.78 is 5.04. The van der Waals surface area contributed by atoms with Gasteiger partial charge >= 0.3 is 5.97 Å². The molecule has 2 amide bonds. The zero-order valence-corrected chi connectivity index (χ0v) is 18.8. The van der Waals surface area contributed by atoms with E-state index >= 15 is 0 Å². The SMILES string of the molecule is CCCCCCCC(=O)Nc1ccccc1C(=O)C(=O)NCC(=O)OCCCCCC. The molecule has 0 saturated heterocycles. The molecule has 172 valence electrons. The van der Waals surface area contributed by atoms with E-state index in [0.29, 0.717) is 18.7 Å². The van der Waals surface area contributed by atoms with Gasteiger partial charge in [-0.1, -0.05) is 70.9 Å². The van der Waals surface area contributed by atoms with Crippen molar-refractivity contribution in [2.24, 2.45) is 0 Å². The van der Waals surface area contributed by atoms with Crippen molar-refractivity contribution in [1.82, 2.24) is 5.32 Å². The molecule has 0 fully saturated rings. The van der Waals surface area contributed by atoms with E-state index in [2.05, 4.69) is 24.5 Å². The summed E-state index contributed by atoms with van der Waals surface area (Å²) >= 11 is 0. The van der Waals surface area contributed by atoms with Gasteiger partial charge in [0.15, 0.2) is 0 Å². The molecular formula is C24H36N2O5. The summed E-state index contributed by atoms with van der Waals surface area (Å²) in [5.74, 6) is -2.50. The zero-order chi connectivity index (χ0) is 22.9. The molecule has 0 aromatic heterocycles. The fourth-order valence-electron chi connectivity index (χ4n) is 3.01. The maximum absolute atomic E-state index is 12.5. The van der Waals surface area contributed by atoms with Gasteiger partial charge in [0.25, 0.3) is 11.7 Å². The highest BCUT2D eigenvalue weighted by Gasteiger charge is 2.21. The first-order chi connectivity index (χ1) is 15.0. The number of esters is 1. The monoisotopic (exact) mass is 432 g/mol. The summed E-state index contributed by atoms with van der Waals surface area (Å²) in [6.07, 6.45) is 9.45. The number of carbonyl (C=O) groups is 4. The minimum atomic E-state index is -0.913. The Kier molecular flexibility index (Phi) is 13.6. The van der Waals surface area contributed by atoms with Crippen LogP contribution in [0.3, 0.4) is 0 Å². The molecule has 2 N–H and O–H groups in total. The van der Waals surface area contributed by atoms with Crippen LogP contribution in [0.4, 0.5) is 5.69 Å². The van der Waals surface area contributed by atoms with Crippen molar-refractivity contribution >= 4 is 29.3 Å². The van der Waals surface area contributed by atoms with Gasteiger partial charge in [0.2, 0.25) is 5.91 Å². The maximum Gasteiger partial charge on any atom is 0.325 e. The lowest BCUT2D eigenvalue weighted by atomic mass is 10.1. The number of benzene rings is 1.